The maximum Gasteiger partial charge on any atom is 0.254 e. The summed E-state index contributed by atoms with van der Waals surface area (Å²) in [4.78, 5) is 25.2. The fourth-order valence-electron chi connectivity index (χ4n) is 7.77. The Morgan fingerprint density at radius 1 is 1.06 bits per heavy atom. The Balaban J connectivity index is 1.24. The Labute approximate surface area is 203 Å². The van der Waals surface area contributed by atoms with Crippen LogP contribution in [0.2, 0.25) is 0 Å². The zero-order chi connectivity index (χ0) is 23.5. The third-order valence-corrected chi connectivity index (χ3v) is 10.9. The van der Waals surface area contributed by atoms with Gasteiger partial charge in [-0.2, -0.15) is 10.6 Å². The van der Waals surface area contributed by atoms with Gasteiger partial charge in [-0.25, -0.2) is 9.97 Å². The highest BCUT2D eigenvalue weighted by Gasteiger charge is 2.55. The van der Waals surface area contributed by atoms with Crippen molar-refractivity contribution in [3.05, 3.63) is 17.5 Å². The quantitative estimate of drug-likeness (QED) is 0.507. The van der Waals surface area contributed by atoms with Crippen molar-refractivity contribution in [1.82, 2.24) is 15.3 Å². The van der Waals surface area contributed by atoms with Crippen molar-refractivity contribution in [3.8, 4) is 0 Å². The normalized spacial score (nSPS) is 38.0. The molecular weight excluding hydrogens is 452 g/mol. The highest BCUT2D eigenvalue weighted by atomic mass is 32.3. The number of hydrogen-bond donors (Lipinski definition) is 4. The highest BCUT2D eigenvalue weighted by molar-refractivity contribution is 8.24. The molecule has 8 nitrogen and oxygen atoms in total. The predicted molar refractivity (Wildman–Crippen MR) is 132 cm³/mol. The van der Waals surface area contributed by atoms with Crippen LogP contribution in [0.25, 0.3) is 0 Å². The predicted octanol–water partition coefficient (Wildman–Crippen LogP) is 3.76. The largest absolute Gasteiger partial charge is 0.390 e. The van der Waals surface area contributed by atoms with Crippen LogP contribution in [0.3, 0.4) is 0 Å². The molecule has 0 aromatic carbocycles. The van der Waals surface area contributed by atoms with Crippen LogP contribution < -0.4 is 10.2 Å². The van der Waals surface area contributed by atoms with Gasteiger partial charge in [-0.15, -0.1) is 0 Å². The van der Waals surface area contributed by atoms with E-state index in [-0.39, 0.29) is 17.9 Å². The molecule has 1 aromatic heterocycles. The lowest BCUT2D eigenvalue weighted by atomic mass is 9.52. The van der Waals surface area contributed by atoms with Crippen molar-refractivity contribution in [3.63, 3.8) is 0 Å². The summed E-state index contributed by atoms with van der Waals surface area (Å²) in [5.74, 6) is 2.83. The lowest BCUT2D eigenvalue weighted by molar-refractivity contribution is -0.136. The van der Waals surface area contributed by atoms with Gasteiger partial charge >= 0.3 is 0 Å². The molecule has 6 aliphatic rings. The summed E-state index contributed by atoms with van der Waals surface area (Å²) in [5.41, 5.74) is 0.957. The number of aliphatic hydroxyl groups is 1. The molecule has 0 radical (unpaired) electrons. The molecule has 5 aliphatic carbocycles. The minimum atomic E-state index is -2.48. The molecule has 0 spiro atoms. The topological polar surface area (TPSA) is 119 Å². The molecule has 1 saturated heterocycles. The molecule has 2 atom stereocenters. The molecule has 5 saturated carbocycles. The first-order valence-electron chi connectivity index (χ1n) is 13.2. The fourth-order valence-corrected chi connectivity index (χ4v) is 9.00. The average Bonchev–Trinajstić information content (AvgIpc) is 2.80. The number of carbonyl (C=O) groups is 1. The number of anilines is 1. The average molecular weight is 491 g/mol. The first kappa shape index (κ1) is 23.0. The molecule has 1 amide bonds. The monoisotopic (exact) mass is 490 g/mol. The fraction of sp³-hybridized carbons (Fsp3) is 0.800. The molecule has 1 aliphatic heterocycles. The van der Waals surface area contributed by atoms with Gasteiger partial charge < -0.3 is 15.3 Å². The maximum atomic E-state index is 13.6. The molecule has 2 unspecified atom stereocenters. The summed E-state index contributed by atoms with van der Waals surface area (Å²) >= 11 is 0. The standard InChI is InChI=1S/C25H38N4O4S/c30-23(27-21-18-10-16-11-19(21)14-25(31,12-16)13-18)20-15-26-24(29-6-8-34(32,33)9-7-29)28-22(20)17-4-2-1-3-5-17/h15-19,21,31-33H,1-14H2,(H,27,30). The second kappa shape index (κ2) is 8.61. The Morgan fingerprint density at radius 2 is 1.74 bits per heavy atom. The lowest BCUT2D eigenvalue weighted by Gasteiger charge is -2.58. The van der Waals surface area contributed by atoms with Crippen LogP contribution in [0.15, 0.2) is 6.20 Å². The van der Waals surface area contributed by atoms with E-state index in [2.05, 4.69) is 10.3 Å². The number of carbonyl (C=O) groups excluding carboxylic acids is 1. The van der Waals surface area contributed by atoms with Gasteiger partial charge in [0.25, 0.3) is 5.91 Å². The first-order valence-corrected chi connectivity index (χ1v) is 15.1. The summed E-state index contributed by atoms with van der Waals surface area (Å²) in [5, 5.41) is 14.3. The van der Waals surface area contributed by atoms with Crippen molar-refractivity contribution in [2.45, 2.75) is 81.8 Å². The third-order valence-electron chi connectivity index (χ3n) is 9.24. The molecular formula is C25H38N4O4S. The molecule has 9 heteroatoms. The Hall–Kier alpha value is -1.42. The van der Waals surface area contributed by atoms with Crippen LogP contribution in [0.1, 0.15) is 86.2 Å². The first-order chi connectivity index (χ1) is 16.3. The number of aromatic nitrogens is 2. The minimum absolute atomic E-state index is 0.0654. The van der Waals surface area contributed by atoms with Crippen molar-refractivity contribution in [1.29, 1.82) is 0 Å². The van der Waals surface area contributed by atoms with Gasteiger partial charge in [0.1, 0.15) is 0 Å². The molecule has 7 rings (SSSR count). The summed E-state index contributed by atoms with van der Waals surface area (Å²) in [7, 11) is -2.48. The van der Waals surface area contributed by atoms with Crippen molar-refractivity contribution < 1.29 is 19.0 Å². The summed E-state index contributed by atoms with van der Waals surface area (Å²) in [6.45, 7) is 1.04. The van der Waals surface area contributed by atoms with Gasteiger partial charge in [-0.3, -0.25) is 13.9 Å². The smallest absolute Gasteiger partial charge is 0.254 e. The summed E-state index contributed by atoms with van der Waals surface area (Å²) in [6, 6.07) is 0.135. The molecule has 4 N–H and O–H groups in total. The second-order valence-electron chi connectivity index (χ2n) is 11.7. The van der Waals surface area contributed by atoms with E-state index in [1.54, 1.807) is 6.20 Å². The molecule has 2 heterocycles. The number of rotatable bonds is 4. The maximum absolute atomic E-state index is 13.6. The highest BCUT2D eigenvalue weighted by Crippen LogP contribution is 2.55. The van der Waals surface area contributed by atoms with E-state index in [4.69, 9.17) is 4.98 Å². The van der Waals surface area contributed by atoms with Gasteiger partial charge in [0.05, 0.1) is 28.4 Å². The van der Waals surface area contributed by atoms with Crippen LogP contribution in [0.4, 0.5) is 5.95 Å². The Kier molecular flexibility index (Phi) is 5.82. The number of hydrogen-bond acceptors (Lipinski definition) is 7. The zero-order valence-electron chi connectivity index (χ0n) is 19.9. The Bertz CT molecular complexity index is 927. The third kappa shape index (κ3) is 4.33. The van der Waals surface area contributed by atoms with Crippen LogP contribution in [0, 0.1) is 17.8 Å². The van der Waals surface area contributed by atoms with Crippen molar-refractivity contribution in [2.24, 2.45) is 17.8 Å². The van der Waals surface area contributed by atoms with Crippen LogP contribution in [-0.2, 0) is 0 Å². The van der Waals surface area contributed by atoms with Crippen LogP contribution in [0.5, 0.6) is 0 Å². The molecule has 4 bridgehead atoms. The van der Waals surface area contributed by atoms with Gasteiger partial charge in [-0.05, 0) is 62.7 Å². The molecule has 1 aromatic rings. The van der Waals surface area contributed by atoms with E-state index in [1.807, 2.05) is 4.90 Å². The van der Waals surface area contributed by atoms with Crippen LogP contribution in [-0.4, -0.2) is 66.3 Å². The lowest BCUT2D eigenvalue weighted by Crippen LogP contribution is -2.61. The van der Waals surface area contributed by atoms with Gasteiger partial charge in [-0.1, -0.05) is 19.3 Å². The van der Waals surface area contributed by atoms with Gasteiger partial charge in [0.2, 0.25) is 5.95 Å². The second-order valence-corrected chi connectivity index (χ2v) is 14.1. The number of nitrogens with zero attached hydrogens (tertiary/aromatic N) is 3. The summed E-state index contributed by atoms with van der Waals surface area (Å²) in [6.07, 6.45) is 12.1. The van der Waals surface area contributed by atoms with E-state index < -0.39 is 16.2 Å². The molecule has 188 valence electrons. The van der Waals surface area contributed by atoms with E-state index in [0.717, 1.165) is 63.5 Å². The van der Waals surface area contributed by atoms with E-state index >= 15 is 0 Å². The minimum Gasteiger partial charge on any atom is -0.390 e. The SMILES string of the molecule is O=C(NC1C2CC3CC1CC(O)(C3)C2)c1cnc(N2CCS(O)(O)CC2)nc1C1CCCCC1. The molecule has 6 fully saturated rings. The van der Waals surface area contributed by atoms with Crippen molar-refractivity contribution >= 4 is 22.4 Å². The zero-order valence-corrected chi connectivity index (χ0v) is 20.7. The van der Waals surface area contributed by atoms with Gasteiger partial charge in [0, 0.05) is 31.2 Å². The molecule has 34 heavy (non-hydrogen) atoms. The van der Waals surface area contributed by atoms with Crippen molar-refractivity contribution in [2.75, 3.05) is 29.5 Å². The van der Waals surface area contributed by atoms with E-state index in [9.17, 15) is 19.0 Å². The Morgan fingerprint density at radius 3 is 2.38 bits per heavy atom. The number of amides is 1. The van der Waals surface area contributed by atoms with Gasteiger partial charge in [0.15, 0.2) is 0 Å². The summed E-state index contributed by atoms with van der Waals surface area (Å²) < 4.78 is 20.0. The van der Waals surface area contributed by atoms with E-state index in [0.29, 0.717) is 53.9 Å². The van der Waals surface area contributed by atoms with E-state index in [1.165, 1.54) is 6.42 Å². The number of nitrogens with one attached hydrogen (secondary N) is 1. The van der Waals surface area contributed by atoms with Crippen LogP contribution >= 0.6 is 10.6 Å².